The minimum Gasteiger partial charge on any atom is -0.488 e. The molecule has 0 aliphatic carbocycles. The monoisotopic (exact) mass is 373 g/mol. The van der Waals surface area contributed by atoms with E-state index >= 15 is 0 Å². The molecule has 28 heavy (non-hydrogen) atoms. The zero-order chi connectivity index (χ0) is 19.8. The number of benzene rings is 2. The van der Waals surface area contributed by atoms with Crippen LogP contribution in [0.3, 0.4) is 0 Å². The van der Waals surface area contributed by atoms with E-state index in [1.165, 1.54) is 11.1 Å². The maximum atomic E-state index is 11.0. The molecule has 2 heterocycles. The molecule has 1 aliphatic rings. The molecule has 142 valence electrons. The van der Waals surface area contributed by atoms with Crippen LogP contribution in [0.15, 0.2) is 48.5 Å². The SMILES string of the molecule is Cc1ccc(C(C)C)c2c1OCC(c1ccc(-c3ccc(C(=O)O)cc3)[nH]1)=C2. The number of H-pyrrole nitrogens is 1. The number of nitrogens with one attached hydrogen (secondary N) is 1. The molecule has 0 unspecified atom stereocenters. The fraction of sp³-hybridized carbons (Fsp3) is 0.208. The van der Waals surface area contributed by atoms with Crippen molar-refractivity contribution in [2.24, 2.45) is 0 Å². The highest BCUT2D eigenvalue weighted by molar-refractivity contribution is 5.89. The number of carboxylic acid groups (broad SMARTS) is 1. The molecular formula is C24H23NO3. The molecular weight excluding hydrogens is 350 g/mol. The summed E-state index contributed by atoms with van der Waals surface area (Å²) in [7, 11) is 0. The lowest BCUT2D eigenvalue weighted by atomic mass is 9.91. The fourth-order valence-corrected chi connectivity index (χ4v) is 3.63. The second-order valence-corrected chi connectivity index (χ2v) is 7.50. The molecule has 0 spiro atoms. The van der Waals surface area contributed by atoms with Crippen molar-refractivity contribution in [2.75, 3.05) is 6.61 Å². The quantitative estimate of drug-likeness (QED) is 0.612. The van der Waals surface area contributed by atoms with Gasteiger partial charge in [-0.1, -0.05) is 38.1 Å². The Balaban J connectivity index is 1.69. The summed E-state index contributed by atoms with van der Waals surface area (Å²) in [5.74, 6) is 0.477. The van der Waals surface area contributed by atoms with Crippen LogP contribution in [0.4, 0.5) is 0 Å². The Labute approximate surface area is 164 Å². The third kappa shape index (κ3) is 3.22. The largest absolute Gasteiger partial charge is 0.488 e. The lowest BCUT2D eigenvalue weighted by molar-refractivity contribution is 0.0697. The molecule has 0 amide bonds. The standard InChI is InChI=1S/C24H23NO3/c1-14(2)19-9-4-15(3)23-20(19)12-18(13-28-23)22-11-10-21(25-22)16-5-7-17(8-6-16)24(26)27/h4-12,14,25H,13H2,1-3H3,(H,26,27). The number of rotatable bonds is 4. The van der Waals surface area contributed by atoms with Crippen molar-refractivity contribution in [3.63, 3.8) is 0 Å². The van der Waals surface area contributed by atoms with E-state index in [1.54, 1.807) is 12.1 Å². The molecule has 0 radical (unpaired) electrons. The smallest absolute Gasteiger partial charge is 0.335 e. The Kier molecular flexibility index (Phi) is 4.55. The first-order chi connectivity index (χ1) is 13.4. The first kappa shape index (κ1) is 18.1. The van der Waals surface area contributed by atoms with E-state index in [0.717, 1.165) is 33.8 Å². The molecule has 1 aliphatic heterocycles. The first-order valence-electron chi connectivity index (χ1n) is 9.44. The van der Waals surface area contributed by atoms with Gasteiger partial charge in [-0.3, -0.25) is 0 Å². The topological polar surface area (TPSA) is 62.3 Å². The third-order valence-corrected chi connectivity index (χ3v) is 5.21. The number of aromatic amines is 1. The van der Waals surface area contributed by atoms with E-state index in [0.29, 0.717) is 12.5 Å². The Hall–Kier alpha value is -3.27. The predicted molar refractivity (Wildman–Crippen MR) is 112 cm³/mol. The predicted octanol–water partition coefficient (Wildman–Crippen LogP) is 5.74. The highest BCUT2D eigenvalue weighted by atomic mass is 16.5. The van der Waals surface area contributed by atoms with Crippen LogP contribution in [0.1, 0.15) is 52.5 Å². The molecule has 2 N–H and O–H groups in total. The van der Waals surface area contributed by atoms with Crippen LogP contribution in [0.5, 0.6) is 5.75 Å². The van der Waals surface area contributed by atoms with Crippen LogP contribution in [0.2, 0.25) is 0 Å². The summed E-state index contributed by atoms with van der Waals surface area (Å²) >= 11 is 0. The van der Waals surface area contributed by atoms with Crippen LogP contribution in [0.25, 0.3) is 22.9 Å². The molecule has 1 aromatic heterocycles. The number of ether oxygens (including phenoxy) is 1. The molecule has 4 nitrogen and oxygen atoms in total. The van der Waals surface area contributed by atoms with Gasteiger partial charge in [-0.15, -0.1) is 0 Å². The van der Waals surface area contributed by atoms with Crippen LogP contribution in [-0.4, -0.2) is 22.7 Å². The number of hydrogen-bond donors (Lipinski definition) is 2. The number of carboxylic acids is 1. The molecule has 0 saturated carbocycles. The van der Waals surface area contributed by atoms with Crippen molar-refractivity contribution in [3.05, 3.63) is 76.5 Å². The molecule has 0 bridgehead atoms. The van der Waals surface area contributed by atoms with Gasteiger partial charge in [0.25, 0.3) is 0 Å². The highest BCUT2D eigenvalue weighted by Gasteiger charge is 2.20. The van der Waals surface area contributed by atoms with Gasteiger partial charge in [0, 0.05) is 22.5 Å². The van der Waals surface area contributed by atoms with Gasteiger partial charge in [0.05, 0.1) is 5.56 Å². The third-order valence-electron chi connectivity index (χ3n) is 5.21. The summed E-state index contributed by atoms with van der Waals surface area (Å²) in [5.41, 5.74) is 7.91. The summed E-state index contributed by atoms with van der Waals surface area (Å²) < 4.78 is 6.12. The Morgan fingerprint density at radius 1 is 1.04 bits per heavy atom. The summed E-state index contributed by atoms with van der Waals surface area (Å²) in [6.07, 6.45) is 2.23. The van der Waals surface area contributed by atoms with Gasteiger partial charge in [0.2, 0.25) is 0 Å². The van der Waals surface area contributed by atoms with Crippen LogP contribution in [0, 0.1) is 6.92 Å². The van der Waals surface area contributed by atoms with Crippen LogP contribution >= 0.6 is 0 Å². The molecule has 3 aromatic rings. The molecule has 4 rings (SSSR count). The molecule has 4 heteroatoms. The summed E-state index contributed by atoms with van der Waals surface area (Å²) in [6.45, 7) is 6.99. The van der Waals surface area contributed by atoms with Crippen molar-refractivity contribution in [3.8, 4) is 17.0 Å². The van der Waals surface area contributed by atoms with E-state index < -0.39 is 5.97 Å². The number of aromatic carboxylic acids is 1. The van der Waals surface area contributed by atoms with E-state index in [1.807, 2.05) is 24.3 Å². The lowest BCUT2D eigenvalue weighted by Gasteiger charge is -2.23. The van der Waals surface area contributed by atoms with Crippen molar-refractivity contribution in [1.82, 2.24) is 4.98 Å². The van der Waals surface area contributed by atoms with Gasteiger partial charge in [-0.2, -0.15) is 0 Å². The van der Waals surface area contributed by atoms with Gasteiger partial charge < -0.3 is 14.8 Å². The van der Waals surface area contributed by atoms with Crippen LogP contribution < -0.4 is 4.74 Å². The van der Waals surface area contributed by atoms with Crippen molar-refractivity contribution in [1.29, 1.82) is 0 Å². The van der Waals surface area contributed by atoms with Gasteiger partial charge in [-0.05, 0) is 59.9 Å². The molecule has 0 saturated heterocycles. The summed E-state index contributed by atoms with van der Waals surface area (Å²) in [4.78, 5) is 14.5. The fourth-order valence-electron chi connectivity index (χ4n) is 3.63. The highest BCUT2D eigenvalue weighted by Crippen LogP contribution is 2.38. The Morgan fingerprint density at radius 2 is 1.75 bits per heavy atom. The second-order valence-electron chi connectivity index (χ2n) is 7.50. The van der Waals surface area contributed by atoms with Gasteiger partial charge in [0.1, 0.15) is 12.4 Å². The average molecular weight is 373 g/mol. The first-order valence-corrected chi connectivity index (χ1v) is 9.44. The zero-order valence-electron chi connectivity index (χ0n) is 16.2. The lowest BCUT2D eigenvalue weighted by Crippen LogP contribution is -2.10. The minimum absolute atomic E-state index is 0.284. The second kappa shape index (κ2) is 7.04. The van der Waals surface area contributed by atoms with Gasteiger partial charge in [0.15, 0.2) is 0 Å². The Morgan fingerprint density at radius 3 is 2.43 bits per heavy atom. The van der Waals surface area contributed by atoms with E-state index in [-0.39, 0.29) is 5.56 Å². The number of fused-ring (bicyclic) bond motifs is 1. The Bertz CT molecular complexity index is 1070. The van der Waals surface area contributed by atoms with E-state index in [2.05, 4.69) is 44.0 Å². The van der Waals surface area contributed by atoms with E-state index in [9.17, 15) is 4.79 Å². The molecule has 0 atom stereocenters. The minimum atomic E-state index is -0.918. The molecule has 2 aromatic carbocycles. The number of aryl methyl sites for hydroxylation is 1. The van der Waals surface area contributed by atoms with Gasteiger partial charge >= 0.3 is 5.97 Å². The summed E-state index contributed by atoms with van der Waals surface area (Å²) in [5, 5.41) is 9.05. The number of aromatic nitrogens is 1. The van der Waals surface area contributed by atoms with E-state index in [4.69, 9.17) is 9.84 Å². The maximum Gasteiger partial charge on any atom is 0.335 e. The van der Waals surface area contributed by atoms with Crippen LogP contribution in [-0.2, 0) is 0 Å². The number of hydrogen-bond acceptors (Lipinski definition) is 2. The van der Waals surface area contributed by atoms with Crippen molar-refractivity contribution >= 4 is 17.6 Å². The average Bonchev–Trinajstić information content (AvgIpc) is 3.18. The molecule has 0 fully saturated rings. The maximum absolute atomic E-state index is 11.0. The normalized spacial score (nSPS) is 13.1. The zero-order valence-corrected chi connectivity index (χ0v) is 16.2. The summed E-state index contributed by atoms with van der Waals surface area (Å²) in [6, 6.07) is 15.3. The van der Waals surface area contributed by atoms with Crippen molar-refractivity contribution < 1.29 is 14.6 Å². The number of carbonyl (C=O) groups is 1. The van der Waals surface area contributed by atoms with Gasteiger partial charge in [-0.25, -0.2) is 4.79 Å². The van der Waals surface area contributed by atoms with Crippen molar-refractivity contribution in [2.45, 2.75) is 26.7 Å².